The number of benzene rings is 2. The summed E-state index contributed by atoms with van der Waals surface area (Å²) >= 11 is 0. The normalized spacial score (nSPS) is 17.3. The van der Waals surface area contributed by atoms with Crippen LogP contribution in [0.4, 0.5) is 5.69 Å². The van der Waals surface area contributed by atoms with Crippen LogP contribution in [0.5, 0.6) is 5.75 Å². The van der Waals surface area contributed by atoms with Crippen LogP contribution in [0, 0.1) is 0 Å². The number of morpholine rings is 1. The highest BCUT2D eigenvalue weighted by atomic mass is 32.2. The Morgan fingerprint density at radius 2 is 2.00 bits per heavy atom. The van der Waals surface area contributed by atoms with Gasteiger partial charge in [-0.1, -0.05) is 30.3 Å². The molecule has 2 aromatic rings. The van der Waals surface area contributed by atoms with Gasteiger partial charge in [-0.15, -0.1) is 0 Å². The van der Waals surface area contributed by atoms with Crippen molar-refractivity contribution in [2.24, 2.45) is 0 Å². The van der Waals surface area contributed by atoms with E-state index < -0.39 is 10.0 Å². The maximum atomic E-state index is 13.0. The molecule has 1 aliphatic heterocycles. The molecule has 0 aliphatic carbocycles. The Bertz CT molecular complexity index is 982. The van der Waals surface area contributed by atoms with E-state index in [9.17, 15) is 13.2 Å². The highest BCUT2D eigenvalue weighted by Crippen LogP contribution is 2.27. The Kier molecular flexibility index (Phi) is 8.03. The van der Waals surface area contributed by atoms with E-state index in [-0.39, 0.29) is 29.2 Å². The van der Waals surface area contributed by atoms with Gasteiger partial charge in [-0.25, -0.2) is 13.1 Å². The first-order valence-corrected chi connectivity index (χ1v) is 11.8. The minimum atomic E-state index is -3.87. The third-order valence-corrected chi connectivity index (χ3v) is 6.27. The minimum absolute atomic E-state index is 0.0162. The number of nitrogens with zero attached hydrogens (tertiary/aromatic N) is 1. The van der Waals surface area contributed by atoms with Crippen LogP contribution >= 0.6 is 0 Å². The molecular weight excluding hydrogens is 418 g/mol. The van der Waals surface area contributed by atoms with Gasteiger partial charge in [-0.2, -0.15) is 0 Å². The van der Waals surface area contributed by atoms with Crippen molar-refractivity contribution < 1.29 is 22.7 Å². The summed E-state index contributed by atoms with van der Waals surface area (Å²) in [7, 11) is -3.87. The Balaban J connectivity index is 1.66. The standard InChI is InChI=1S/C22H29N3O5S/c1-3-29-21-10-9-19(24-17(2)26)13-22(21)31(27,28)23-14-20-16-25(11-12-30-20)15-18-7-5-4-6-8-18/h4-10,13,20,23H,3,11-12,14-16H2,1-2H3,(H,24,26). The third-order valence-electron chi connectivity index (χ3n) is 4.83. The van der Waals surface area contributed by atoms with E-state index in [1.54, 1.807) is 19.1 Å². The van der Waals surface area contributed by atoms with Crippen molar-refractivity contribution in [1.82, 2.24) is 9.62 Å². The molecule has 1 fully saturated rings. The number of hydrogen-bond donors (Lipinski definition) is 2. The Labute approximate surface area is 183 Å². The van der Waals surface area contributed by atoms with Crippen molar-refractivity contribution in [2.75, 3.05) is 38.2 Å². The summed E-state index contributed by atoms with van der Waals surface area (Å²) < 4.78 is 39.9. The number of carbonyl (C=O) groups is 1. The van der Waals surface area contributed by atoms with Gasteiger partial charge in [0.15, 0.2) is 0 Å². The predicted octanol–water partition coefficient (Wildman–Crippen LogP) is 2.22. The lowest BCUT2D eigenvalue weighted by Crippen LogP contribution is -2.47. The minimum Gasteiger partial charge on any atom is -0.492 e. The van der Waals surface area contributed by atoms with Crippen LogP contribution in [0.25, 0.3) is 0 Å². The first-order valence-electron chi connectivity index (χ1n) is 10.3. The molecule has 8 nitrogen and oxygen atoms in total. The SMILES string of the molecule is CCOc1ccc(NC(C)=O)cc1S(=O)(=O)NCC1CN(Cc2ccccc2)CCO1. The second-order valence-corrected chi connectivity index (χ2v) is 9.08. The molecule has 9 heteroatoms. The fourth-order valence-electron chi connectivity index (χ4n) is 3.44. The maximum absolute atomic E-state index is 13.0. The number of anilines is 1. The molecule has 2 aromatic carbocycles. The van der Waals surface area contributed by atoms with Gasteiger partial charge in [0.2, 0.25) is 15.9 Å². The van der Waals surface area contributed by atoms with Gasteiger partial charge < -0.3 is 14.8 Å². The van der Waals surface area contributed by atoms with Crippen LogP contribution in [0.2, 0.25) is 0 Å². The Morgan fingerprint density at radius 3 is 2.71 bits per heavy atom. The second-order valence-electron chi connectivity index (χ2n) is 7.34. The average Bonchev–Trinajstić information content (AvgIpc) is 2.74. The van der Waals surface area contributed by atoms with Crippen molar-refractivity contribution in [3.8, 4) is 5.75 Å². The van der Waals surface area contributed by atoms with E-state index in [1.807, 2.05) is 18.2 Å². The van der Waals surface area contributed by atoms with Gasteiger partial charge in [-0.05, 0) is 30.7 Å². The molecule has 1 saturated heterocycles. The van der Waals surface area contributed by atoms with E-state index >= 15 is 0 Å². The molecule has 0 bridgehead atoms. The summed E-state index contributed by atoms with van der Waals surface area (Å²) in [4.78, 5) is 13.6. The zero-order chi connectivity index (χ0) is 22.3. The number of hydrogen-bond acceptors (Lipinski definition) is 6. The zero-order valence-corrected chi connectivity index (χ0v) is 18.7. The van der Waals surface area contributed by atoms with Crippen LogP contribution in [0.15, 0.2) is 53.4 Å². The number of ether oxygens (including phenoxy) is 2. The van der Waals surface area contributed by atoms with E-state index in [0.29, 0.717) is 25.4 Å². The highest BCUT2D eigenvalue weighted by molar-refractivity contribution is 7.89. The molecule has 0 saturated carbocycles. The zero-order valence-electron chi connectivity index (χ0n) is 17.8. The molecule has 0 spiro atoms. The van der Waals surface area contributed by atoms with Gasteiger partial charge >= 0.3 is 0 Å². The quantitative estimate of drug-likeness (QED) is 0.612. The molecule has 1 atom stereocenters. The smallest absolute Gasteiger partial charge is 0.244 e. The molecular formula is C22H29N3O5S. The molecule has 1 aliphatic rings. The van der Waals surface area contributed by atoms with Gasteiger partial charge in [-0.3, -0.25) is 9.69 Å². The predicted molar refractivity (Wildman–Crippen MR) is 119 cm³/mol. The molecule has 3 rings (SSSR count). The molecule has 0 aromatic heterocycles. The van der Waals surface area contributed by atoms with Gasteiger partial charge in [0, 0.05) is 38.8 Å². The summed E-state index contributed by atoms with van der Waals surface area (Å²) in [5.41, 5.74) is 1.60. The molecule has 31 heavy (non-hydrogen) atoms. The van der Waals surface area contributed by atoms with Crippen LogP contribution in [0.1, 0.15) is 19.4 Å². The molecule has 1 heterocycles. The average molecular weight is 448 g/mol. The monoisotopic (exact) mass is 447 g/mol. The number of sulfonamides is 1. The summed E-state index contributed by atoms with van der Waals surface area (Å²) in [6, 6.07) is 14.7. The van der Waals surface area contributed by atoms with Gasteiger partial charge in [0.25, 0.3) is 0 Å². The van der Waals surface area contributed by atoms with Gasteiger partial charge in [0.05, 0.1) is 19.3 Å². The van der Waals surface area contributed by atoms with Crippen LogP contribution < -0.4 is 14.8 Å². The molecule has 2 N–H and O–H groups in total. The van der Waals surface area contributed by atoms with Crippen molar-refractivity contribution in [1.29, 1.82) is 0 Å². The summed E-state index contributed by atoms with van der Waals surface area (Å²) in [5, 5.41) is 2.60. The van der Waals surface area contributed by atoms with Crippen molar-refractivity contribution in [3.05, 3.63) is 54.1 Å². The van der Waals surface area contributed by atoms with Gasteiger partial charge in [0.1, 0.15) is 10.6 Å². The summed E-state index contributed by atoms with van der Waals surface area (Å²) in [6.07, 6.45) is -0.263. The molecule has 1 amide bonds. The summed E-state index contributed by atoms with van der Waals surface area (Å²) in [6.45, 7) is 6.37. The summed E-state index contributed by atoms with van der Waals surface area (Å²) in [5.74, 6) is -0.0473. The topological polar surface area (TPSA) is 97.0 Å². The largest absolute Gasteiger partial charge is 0.492 e. The number of nitrogens with one attached hydrogen (secondary N) is 2. The first kappa shape index (κ1) is 23.2. The van der Waals surface area contributed by atoms with Crippen molar-refractivity contribution in [2.45, 2.75) is 31.4 Å². The van der Waals surface area contributed by atoms with Crippen molar-refractivity contribution in [3.63, 3.8) is 0 Å². The van der Waals surface area contributed by atoms with Crippen molar-refractivity contribution >= 4 is 21.6 Å². The van der Waals surface area contributed by atoms with Crippen LogP contribution in [0.3, 0.4) is 0 Å². The first-order chi connectivity index (χ1) is 14.9. The van der Waals surface area contributed by atoms with E-state index in [4.69, 9.17) is 9.47 Å². The maximum Gasteiger partial charge on any atom is 0.244 e. The molecule has 1 unspecified atom stereocenters. The number of rotatable bonds is 9. The lowest BCUT2D eigenvalue weighted by molar-refractivity contribution is -0.114. The molecule has 168 valence electrons. The van der Waals surface area contributed by atoms with Crippen LogP contribution in [-0.2, 0) is 26.1 Å². The van der Waals surface area contributed by atoms with Crippen LogP contribution in [-0.4, -0.2) is 58.2 Å². The van der Waals surface area contributed by atoms with E-state index in [0.717, 1.165) is 13.1 Å². The van der Waals surface area contributed by atoms with E-state index in [2.05, 4.69) is 27.1 Å². The lowest BCUT2D eigenvalue weighted by atomic mass is 10.2. The Morgan fingerprint density at radius 1 is 1.23 bits per heavy atom. The molecule has 0 radical (unpaired) electrons. The Hall–Kier alpha value is -2.46. The highest BCUT2D eigenvalue weighted by Gasteiger charge is 2.25. The second kappa shape index (κ2) is 10.7. The third kappa shape index (κ3) is 6.76. The fraction of sp³-hybridized carbons (Fsp3) is 0.409. The number of amides is 1. The van der Waals surface area contributed by atoms with E-state index in [1.165, 1.54) is 18.6 Å². The lowest BCUT2D eigenvalue weighted by Gasteiger charge is -2.33. The fourth-order valence-corrected chi connectivity index (χ4v) is 4.68. The number of carbonyl (C=O) groups excluding carboxylic acids is 1.